The fourth-order valence-corrected chi connectivity index (χ4v) is 2.28. The Morgan fingerprint density at radius 3 is 3.06 bits per heavy atom. The normalized spacial score (nSPS) is 20.2. The van der Waals surface area contributed by atoms with Gasteiger partial charge in [-0.2, -0.15) is 0 Å². The van der Waals surface area contributed by atoms with Gasteiger partial charge in [-0.3, -0.25) is 0 Å². The van der Waals surface area contributed by atoms with Crippen LogP contribution in [0.5, 0.6) is 0 Å². The predicted molar refractivity (Wildman–Crippen MR) is 69.6 cm³/mol. The quantitative estimate of drug-likeness (QED) is 0.873. The van der Waals surface area contributed by atoms with Crippen LogP contribution < -0.4 is 4.90 Å². The highest BCUT2D eigenvalue weighted by molar-refractivity contribution is 5.33. The van der Waals surface area contributed by atoms with Gasteiger partial charge in [0.25, 0.3) is 0 Å². The van der Waals surface area contributed by atoms with Gasteiger partial charge in [0, 0.05) is 37.2 Å². The zero-order valence-electron chi connectivity index (χ0n) is 11.1. The highest BCUT2D eigenvalue weighted by Gasteiger charge is 2.22. The van der Waals surface area contributed by atoms with Gasteiger partial charge in [-0.05, 0) is 26.7 Å². The van der Waals surface area contributed by atoms with Crippen LogP contribution in [0.15, 0.2) is 6.20 Å². The second-order valence-electron chi connectivity index (χ2n) is 4.60. The summed E-state index contributed by atoms with van der Waals surface area (Å²) in [4.78, 5) is 11.0. The van der Waals surface area contributed by atoms with Crippen molar-refractivity contribution in [2.45, 2.75) is 39.4 Å². The van der Waals surface area contributed by atoms with E-state index in [0.29, 0.717) is 0 Å². The molecule has 0 spiro atoms. The number of aliphatic hydroxyl groups is 1. The summed E-state index contributed by atoms with van der Waals surface area (Å²) in [5.41, 5.74) is 1.64. The molecule has 2 heterocycles. The maximum absolute atomic E-state index is 9.12. The number of piperidine rings is 1. The Balaban J connectivity index is 2.08. The van der Waals surface area contributed by atoms with Crippen LogP contribution in [0.25, 0.3) is 0 Å². The minimum Gasteiger partial charge on any atom is -0.392 e. The van der Waals surface area contributed by atoms with Crippen LogP contribution in [0.4, 0.5) is 5.95 Å². The molecule has 5 heteroatoms. The minimum absolute atomic E-state index is 0.00627. The lowest BCUT2D eigenvalue weighted by Gasteiger charge is -2.32. The van der Waals surface area contributed by atoms with Crippen LogP contribution in [0.2, 0.25) is 0 Å². The first-order valence-corrected chi connectivity index (χ1v) is 6.54. The zero-order valence-corrected chi connectivity index (χ0v) is 11.1. The fourth-order valence-electron chi connectivity index (χ4n) is 2.28. The number of hydrogen-bond donors (Lipinski definition) is 1. The SMILES string of the molecule is CCOC1CCCN(c2ncc(CO)c(C)n2)C1. The second kappa shape index (κ2) is 6.11. The molecule has 1 fully saturated rings. The average Bonchev–Trinajstić information content (AvgIpc) is 2.39. The molecular formula is C13H21N3O2. The van der Waals surface area contributed by atoms with Crippen LogP contribution in [0.3, 0.4) is 0 Å². The lowest BCUT2D eigenvalue weighted by Crippen LogP contribution is -2.40. The molecule has 1 unspecified atom stereocenters. The van der Waals surface area contributed by atoms with E-state index in [0.717, 1.165) is 49.7 Å². The lowest BCUT2D eigenvalue weighted by atomic mass is 10.1. The number of aliphatic hydroxyl groups excluding tert-OH is 1. The number of aryl methyl sites for hydroxylation is 1. The van der Waals surface area contributed by atoms with Crippen molar-refractivity contribution in [1.29, 1.82) is 0 Å². The van der Waals surface area contributed by atoms with E-state index in [1.165, 1.54) is 0 Å². The Morgan fingerprint density at radius 1 is 1.56 bits per heavy atom. The standard InChI is InChI=1S/C13H21N3O2/c1-3-18-12-5-4-6-16(8-12)13-14-7-11(9-17)10(2)15-13/h7,12,17H,3-6,8-9H2,1-2H3. The van der Waals surface area contributed by atoms with Crippen molar-refractivity contribution in [3.05, 3.63) is 17.5 Å². The van der Waals surface area contributed by atoms with Gasteiger partial charge in [-0.1, -0.05) is 0 Å². The van der Waals surface area contributed by atoms with Crippen molar-refractivity contribution in [3.8, 4) is 0 Å². The summed E-state index contributed by atoms with van der Waals surface area (Å²) in [6, 6.07) is 0. The van der Waals surface area contributed by atoms with Crippen LogP contribution in [-0.2, 0) is 11.3 Å². The van der Waals surface area contributed by atoms with E-state index in [2.05, 4.69) is 14.9 Å². The van der Waals surface area contributed by atoms with E-state index in [-0.39, 0.29) is 12.7 Å². The molecule has 5 nitrogen and oxygen atoms in total. The van der Waals surface area contributed by atoms with E-state index in [1.807, 2.05) is 13.8 Å². The smallest absolute Gasteiger partial charge is 0.225 e. The second-order valence-corrected chi connectivity index (χ2v) is 4.60. The van der Waals surface area contributed by atoms with Crippen LogP contribution in [0, 0.1) is 6.92 Å². The number of anilines is 1. The molecule has 1 N–H and O–H groups in total. The number of rotatable bonds is 4. The first-order chi connectivity index (χ1) is 8.74. The molecular weight excluding hydrogens is 230 g/mol. The van der Waals surface area contributed by atoms with E-state index in [4.69, 9.17) is 9.84 Å². The topological polar surface area (TPSA) is 58.5 Å². The predicted octanol–water partition coefficient (Wildman–Crippen LogP) is 1.28. The molecule has 18 heavy (non-hydrogen) atoms. The number of aromatic nitrogens is 2. The maximum Gasteiger partial charge on any atom is 0.225 e. The van der Waals surface area contributed by atoms with E-state index in [1.54, 1.807) is 6.20 Å². The van der Waals surface area contributed by atoms with Crippen LogP contribution >= 0.6 is 0 Å². The molecule has 0 aromatic carbocycles. The van der Waals surface area contributed by atoms with Gasteiger partial charge in [0.1, 0.15) is 0 Å². The molecule has 0 saturated carbocycles. The van der Waals surface area contributed by atoms with Crippen LogP contribution in [0.1, 0.15) is 31.0 Å². The summed E-state index contributed by atoms with van der Waals surface area (Å²) >= 11 is 0. The third kappa shape index (κ3) is 2.97. The Labute approximate surface area is 108 Å². The Bertz CT molecular complexity index is 396. The summed E-state index contributed by atoms with van der Waals surface area (Å²) in [6.45, 7) is 6.50. The Kier molecular flexibility index (Phi) is 4.49. The summed E-state index contributed by atoms with van der Waals surface area (Å²) < 4.78 is 5.67. The van der Waals surface area contributed by atoms with Crippen molar-refractivity contribution in [1.82, 2.24) is 9.97 Å². The van der Waals surface area contributed by atoms with Crippen molar-refractivity contribution in [3.63, 3.8) is 0 Å². The van der Waals surface area contributed by atoms with Gasteiger partial charge in [-0.15, -0.1) is 0 Å². The molecule has 100 valence electrons. The molecule has 0 bridgehead atoms. The Hall–Kier alpha value is -1.20. The van der Waals surface area contributed by atoms with E-state index < -0.39 is 0 Å². The van der Waals surface area contributed by atoms with E-state index >= 15 is 0 Å². The van der Waals surface area contributed by atoms with Crippen molar-refractivity contribution in [2.75, 3.05) is 24.6 Å². The summed E-state index contributed by atoms with van der Waals surface area (Å²) in [7, 11) is 0. The van der Waals surface area contributed by atoms with Crippen LogP contribution in [-0.4, -0.2) is 40.9 Å². The third-order valence-corrected chi connectivity index (χ3v) is 3.30. The summed E-state index contributed by atoms with van der Waals surface area (Å²) in [6.07, 6.45) is 4.21. The minimum atomic E-state index is -0.00627. The fraction of sp³-hybridized carbons (Fsp3) is 0.692. The number of nitrogens with zero attached hydrogens (tertiary/aromatic N) is 3. The molecule has 1 aliphatic rings. The van der Waals surface area contributed by atoms with Crippen molar-refractivity contribution >= 4 is 5.95 Å². The maximum atomic E-state index is 9.12. The van der Waals surface area contributed by atoms with Gasteiger partial charge in [0.05, 0.1) is 12.7 Å². The van der Waals surface area contributed by atoms with E-state index in [9.17, 15) is 0 Å². The molecule has 1 aromatic rings. The molecule has 1 aromatic heterocycles. The molecule has 1 aliphatic heterocycles. The van der Waals surface area contributed by atoms with Gasteiger partial charge in [0.15, 0.2) is 0 Å². The highest BCUT2D eigenvalue weighted by Crippen LogP contribution is 2.19. The highest BCUT2D eigenvalue weighted by atomic mass is 16.5. The lowest BCUT2D eigenvalue weighted by molar-refractivity contribution is 0.0523. The zero-order chi connectivity index (χ0) is 13.0. The first kappa shape index (κ1) is 13.2. The van der Waals surface area contributed by atoms with Gasteiger partial charge >= 0.3 is 0 Å². The van der Waals surface area contributed by atoms with Crippen molar-refractivity contribution < 1.29 is 9.84 Å². The largest absolute Gasteiger partial charge is 0.392 e. The first-order valence-electron chi connectivity index (χ1n) is 6.54. The van der Waals surface area contributed by atoms with Gasteiger partial charge < -0.3 is 14.7 Å². The molecule has 0 aliphatic carbocycles. The monoisotopic (exact) mass is 251 g/mol. The summed E-state index contributed by atoms with van der Waals surface area (Å²) in [5.74, 6) is 0.745. The molecule has 0 radical (unpaired) electrons. The molecule has 2 rings (SSSR count). The number of hydrogen-bond acceptors (Lipinski definition) is 5. The molecule has 0 amide bonds. The molecule has 1 saturated heterocycles. The number of ether oxygens (including phenoxy) is 1. The summed E-state index contributed by atoms with van der Waals surface area (Å²) in [5, 5.41) is 9.12. The molecule has 1 atom stereocenters. The average molecular weight is 251 g/mol. The van der Waals surface area contributed by atoms with Gasteiger partial charge in [0.2, 0.25) is 5.95 Å². The van der Waals surface area contributed by atoms with Crippen molar-refractivity contribution in [2.24, 2.45) is 0 Å². The van der Waals surface area contributed by atoms with Gasteiger partial charge in [-0.25, -0.2) is 9.97 Å². The third-order valence-electron chi connectivity index (χ3n) is 3.30. The Morgan fingerprint density at radius 2 is 2.39 bits per heavy atom.